The summed E-state index contributed by atoms with van der Waals surface area (Å²) in [6, 6.07) is 23.2. The Kier molecular flexibility index (Phi) is 9.56. The van der Waals surface area contributed by atoms with E-state index in [-0.39, 0.29) is 42.5 Å². The van der Waals surface area contributed by atoms with E-state index in [4.69, 9.17) is 27.8 Å². The molecule has 3 aromatic carbocycles. The van der Waals surface area contributed by atoms with E-state index in [1.807, 2.05) is 30.3 Å². The van der Waals surface area contributed by atoms with Crippen LogP contribution in [0.4, 0.5) is 16.3 Å². The Labute approximate surface area is 258 Å². The molecule has 0 spiro atoms. The van der Waals surface area contributed by atoms with Crippen LogP contribution in [0.5, 0.6) is 0 Å². The first-order chi connectivity index (χ1) is 21.3. The third-order valence-corrected chi connectivity index (χ3v) is 7.45. The Bertz CT molecular complexity index is 1740. The van der Waals surface area contributed by atoms with Crippen molar-refractivity contribution in [3.05, 3.63) is 111 Å². The van der Waals surface area contributed by atoms with Crippen LogP contribution in [0.1, 0.15) is 36.0 Å². The average Bonchev–Trinajstić information content (AvgIpc) is 2.99. The number of ether oxygens (including phenoxy) is 1. The van der Waals surface area contributed by atoms with Gasteiger partial charge >= 0.3 is 6.09 Å². The molecule has 2 amide bonds. The van der Waals surface area contributed by atoms with Crippen LogP contribution in [0.2, 0.25) is 5.15 Å². The molecule has 4 aromatic rings. The number of nitrogens with two attached hydrogens (primary N) is 2. The van der Waals surface area contributed by atoms with Crippen molar-refractivity contribution in [1.29, 1.82) is 0 Å². The highest BCUT2D eigenvalue weighted by Gasteiger charge is 2.23. The summed E-state index contributed by atoms with van der Waals surface area (Å²) in [5.41, 5.74) is 15.0. The number of aliphatic imine (C=N–C) groups is 1. The highest BCUT2D eigenvalue weighted by molar-refractivity contribution is 6.32. The minimum absolute atomic E-state index is 0.00739. The smallest absolute Gasteiger partial charge is 0.435 e. The first-order valence-corrected chi connectivity index (χ1v) is 14.5. The maximum absolute atomic E-state index is 13.5. The van der Waals surface area contributed by atoms with Crippen LogP contribution < -0.4 is 27.7 Å². The van der Waals surface area contributed by atoms with Crippen LogP contribution in [-0.4, -0.2) is 33.4 Å². The van der Waals surface area contributed by atoms with Gasteiger partial charge in [-0.2, -0.15) is 4.99 Å². The molecule has 0 atom stereocenters. The van der Waals surface area contributed by atoms with Crippen LogP contribution in [0, 0.1) is 0 Å². The fourth-order valence-corrected chi connectivity index (χ4v) is 4.90. The fourth-order valence-electron chi connectivity index (χ4n) is 4.60. The van der Waals surface area contributed by atoms with Gasteiger partial charge in [0.25, 0.3) is 5.56 Å². The molecule has 1 aliphatic rings. The molecule has 12 heteroatoms. The molecule has 44 heavy (non-hydrogen) atoms. The number of anilines is 2. The van der Waals surface area contributed by atoms with E-state index >= 15 is 0 Å². The maximum Gasteiger partial charge on any atom is 0.435 e. The number of rotatable bonds is 10. The fraction of sp³-hybridized carbons (Fsp3) is 0.219. The number of nitrogens with zero attached hydrogens (tertiary/aromatic N) is 3. The molecule has 1 aromatic heterocycles. The number of halogens is 1. The lowest BCUT2D eigenvalue weighted by molar-refractivity contribution is -0.121. The third kappa shape index (κ3) is 7.61. The van der Waals surface area contributed by atoms with E-state index in [1.54, 1.807) is 48.5 Å². The first kappa shape index (κ1) is 30.3. The second-order valence-corrected chi connectivity index (χ2v) is 10.8. The van der Waals surface area contributed by atoms with Gasteiger partial charge in [-0.1, -0.05) is 78.3 Å². The Morgan fingerprint density at radius 2 is 1.77 bits per heavy atom. The molecule has 1 fully saturated rings. The van der Waals surface area contributed by atoms with Crippen molar-refractivity contribution in [2.24, 2.45) is 10.7 Å². The second kappa shape index (κ2) is 13.9. The first-order valence-electron chi connectivity index (χ1n) is 14.1. The molecule has 0 saturated heterocycles. The van der Waals surface area contributed by atoms with Crippen LogP contribution in [-0.2, 0) is 29.2 Å². The molecule has 5 rings (SSSR count). The minimum atomic E-state index is -0.794. The van der Waals surface area contributed by atoms with Crippen molar-refractivity contribution in [2.75, 3.05) is 11.1 Å². The molecule has 1 heterocycles. The van der Waals surface area contributed by atoms with E-state index in [2.05, 4.69) is 20.6 Å². The highest BCUT2D eigenvalue weighted by atomic mass is 35.5. The summed E-state index contributed by atoms with van der Waals surface area (Å²) in [7, 11) is 0. The van der Waals surface area contributed by atoms with Gasteiger partial charge in [0, 0.05) is 29.4 Å². The lowest BCUT2D eigenvalue weighted by atomic mass is 9.93. The Balaban J connectivity index is 1.24. The van der Waals surface area contributed by atoms with Crippen molar-refractivity contribution >= 4 is 40.9 Å². The van der Waals surface area contributed by atoms with Crippen molar-refractivity contribution in [3.8, 4) is 11.3 Å². The minimum Gasteiger partial charge on any atom is -0.443 e. The number of carbonyl (C=O) groups excluding carboxylic acids is 2. The third-order valence-electron chi connectivity index (χ3n) is 7.19. The van der Waals surface area contributed by atoms with E-state index < -0.39 is 17.6 Å². The van der Waals surface area contributed by atoms with Crippen molar-refractivity contribution in [2.45, 2.75) is 45.0 Å². The molecule has 0 radical (unpaired) electrons. The second-order valence-electron chi connectivity index (χ2n) is 10.4. The molecular formula is C32H32ClN7O4. The van der Waals surface area contributed by atoms with Gasteiger partial charge in [-0.05, 0) is 42.5 Å². The molecule has 0 aliphatic heterocycles. The summed E-state index contributed by atoms with van der Waals surface area (Å²) < 4.78 is 6.47. The van der Waals surface area contributed by atoms with Crippen LogP contribution in [0.15, 0.2) is 88.6 Å². The van der Waals surface area contributed by atoms with Gasteiger partial charge in [0.2, 0.25) is 5.91 Å². The maximum atomic E-state index is 13.5. The Morgan fingerprint density at radius 1 is 1.02 bits per heavy atom. The highest BCUT2D eigenvalue weighted by Crippen LogP contribution is 2.29. The number of amides is 2. The lowest BCUT2D eigenvalue weighted by Crippen LogP contribution is -2.37. The zero-order valence-electron chi connectivity index (χ0n) is 23.8. The van der Waals surface area contributed by atoms with Gasteiger partial charge in [0.15, 0.2) is 11.0 Å². The SMILES string of the molecule is N/C(=N/C(=O)OCc1ccccc1)c1ccc(CNC(=O)Cn2c(-c3cccc(N)c3)c(Cl)nc(NC3CCC3)c2=O)cc1. The molecular weight excluding hydrogens is 582 g/mol. The van der Waals surface area contributed by atoms with Gasteiger partial charge in [-0.3, -0.25) is 14.2 Å². The number of hydrogen-bond acceptors (Lipinski definition) is 7. The number of nitrogens with one attached hydrogen (secondary N) is 2. The largest absolute Gasteiger partial charge is 0.443 e. The summed E-state index contributed by atoms with van der Waals surface area (Å²) in [5.74, 6) is -0.285. The number of amidine groups is 1. The van der Waals surface area contributed by atoms with Crippen LogP contribution in [0.25, 0.3) is 11.3 Å². The van der Waals surface area contributed by atoms with Gasteiger partial charge in [0.05, 0.1) is 5.69 Å². The predicted octanol–water partition coefficient (Wildman–Crippen LogP) is 4.47. The Hall–Kier alpha value is -5.16. The summed E-state index contributed by atoms with van der Waals surface area (Å²) in [6.45, 7) is -0.0108. The monoisotopic (exact) mass is 613 g/mol. The lowest BCUT2D eigenvalue weighted by Gasteiger charge is -2.27. The van der Waals surface area contributed by atoms with E-state index in [0.717, 1.165) is 30.4 Å². The standard InChI is InChI=1S/C32H32ClN7O4/c33-28-27(23-8-4-9-24(34)16-23)40(31(42)30(38-28)37-25-10-5-11-25)18-26(41)36-17-20-12-14-22(15-13-20)29(35)39-32(43)44-19-21-6-2-1-3-7-21/h1-4,6-9,12-16,25H,5,10-11,17-19,34H2,(H,36,41)(H,37,38)(H2,35,39,43). The molecule has 226 valence electrons. The summed E-state index contributed by atoms with van der Waals surface area (Å²) >= 11 is 6.58. The molecule has 0 bridgehead atoms. The van der Waals surface area contributed by atoms with Crippen molar-refractivity contribution < 1.29 is 14.3 Å². The molecule has 11 nitrogen and oxygen atoms in total. The number of nitrogen functional groups attached to an aromatic ring is 1. The summed E-state index contributed by atoms with van der Waals surface area (Å²) in [5, 5.41) is 6.08. The average molecular weight is 614 g/mol. The molecule has 0 unspecified atom stereocenters. The zero-order valence-corrected chi connectivity index (χ0v) is 24.6. The van der Waals surface area contributed by atoms with Crippen molar-refractivity contribution in [1.82, 2.24) is 14.9 Å². The van der Waals surface area contributed by atoms with Crippen LogP contribution >= 0.6 is 11.6 Å². The van der Waals surface area contributed by atoms with E-state index in [1.165, 1.54) is 4.57 Å². The quantitative estimate of drug-likeness (QED) is 0.115. The molecule has 1 saturated carbocycles. The molecule has 1 aliphatic carbocycles. The van der Waals surface area contributed by atoms with Gasteiger partial charge in [0.1, 0.15) is 19.0 Å². The molecule has 6 N–H and O–H groups in total. The van der Waals surface area contributed by atoms with Crippen molar-refractivity contribution in [3.63, 3.8) is 0 Å². The normalized spacial score (nSPS) is 13.2. The van der Waals surface area contributed by atoms with Gasteiger partial charge < -0.3 is 26.8 Å². The number of aromatic nitrogens is 2. The zero-order chi connectivity index (χ0) is 31.1. The van der Waals surface area contributed by atoms with Crippen LogP contribution in [0.3, 0.4) is 0 Å². The Morgan fingerprint density at radius 3 is 2.45 bits per heavy atom. The van der Waals surface area contributed by atoms with E-state index in [0.29, 0.717) is 22.5 Å². The number of hydrogen-bond donors (Lipinski definition) is 4. The summed E-state index contributed by atoms with van der Waals surface area (Å²) in [4.78, 5) is 46.8. The topological polar surface area (TPSA) is 167 Å². The summed E-state index contributed by atoms with van der Waals surface area (Å²) in [6.07, 6.45) is 2.15. The van der Waals surface area contributed by atoms with E-state index in [9.17, 15) is 14.4 Å². The van der Waals surface area contributed by atoms with Gasteiger partial charge in [-0.25, -0.2) is 9.78 Å². The number of benzene rings is 3. The number of carbonyl (C=O) groups is 2. The predicted molar refractivity (Wildman–Crippen MR) is 170 cm³/mol. The van der Waals surface area contributed by atoms with Gasteiger partial charge in [-0.15, -0.1) is 0 Å².